The van der Waals surface area contributed by atoms with Gasteiger partial charge in [-0.1, -0.05) is 37.0 Å². The molecule has 0 radical (unpaired) electrons. The maximum atomic E-state index is 12.4. The van der Waals surface area contributed by atoms with Crippen LogP contribution in [0.4, 0.5) is 5.13 Å². The Morgan fingerprint density at radius 2 is 2.00 bits per heavy atom. The Kier molecular flexibility index (Phi) is 3.48. The highest BCUT2D eigenvalue weighted by Crippen LogP contribution is 2.43. The summed E-state index contributed by atoms with van der Waals surface area (Å²) >= 11 is 1.30. The van der Waals surface area contributed by atoms with Crippen molar-refractivity contribution in [1.29, 1.82) is 0 Å². The summed E-state index contributed by atoms with van der Waals surface area (Å²) in [6, 6.07) is 0. The predicted octanol–water partition coefficient (Wildman–Crippen LogP) is 2.91. The van der Waals surface area contributed by atoms with Crippen molar-refractivity contribution < 1.29 is 4.79 Å². The number of hydrogen-bond donors (Lipinski definition) is 1. The fourth-order valence-corrected chi connectivity index (χ4v) is 4.19. The van der Waals surface area contributed by atoms with Gasteiger partial charge in [0.2, 0.25) is 0 Å². The van der Waals surface area contributed by atoms with Crippen LogP contribution >= 0.6 is 11.3 Å². The third-order valence-corrected chi connectivity index (χ3v) is 5.44. The van der Waals surface area contributed by atoms with Gasteiger partial charge in [0.15, 0.2) is 5.13 Å². The number of carbonyl (C=O) groups is 1. The molecule has 4 nitrogen and oxygen atoms in total. The lowest BCUT2D eigenvalue weighted by molar-refractivity contribution is 0.0772. The summed E-state index contributed by atoms with van der Waals surface area (Å²) in [5, 5.41) is 0.478. The monoisotopic (exact) mass is 279 g/mol. The minimum atomic E-state index is 0.121. The summed E-state index contributed by atoms with van der Waals surface area (Å²) in [5.74, 6) is 0.121. The van der Waals surface area contributed by atoms with Gasteiger partial charge in [-0.2, -0.15) is 0 Å². The van der Waals surface area contributed by atoms with Crippen molar-refractivity contribution in [2.24, 2.45) is 5.41 Å². The van der Waals surface area contributed by atoms with Gasteiger partial charge >= 0.3 is 0 Å². The molecule has 104 valence electrons. The molecule has 1 saturated heterocycles. The van der Waals surface area contributed by atoms with Crippen molar-refractivity contribution in [3.05, 3.63) is 11.1 Å². The van der Waals surface area contributed by atoms with Gasteiger partial charge in [0.25, 0.3) is 5.91 Å². The maximum Gasteiger partial charge on any atom is 0.265 e. The molecule has 1 amide bonds. The van der Waals surface area contributed by atoms with Crippen LogP contribution in [0.25, 0.3) is 0 Å². The van der Waals surface area contributed by atoms with Gasteiger partial charge in [-0.15, -0.1) is 0 Å². The zero-order valence-corrected chi connectivity index (χ0v) is 12.0. The SMILES string of the molecule is Nc1ncc(C(=O)N2CCC3(CCCCCC3)C2)s1. The second-order valence-electron chi connectivity index (χ2n) is 5.95. The van der Waals surface area contributed by atoms with Crippen molar-refractivity contribution in [2.45, 2.75) is 44.9 Å². The quantitative estimate of drug-likeness (QED) is 0.860. The number of nitrogen functional groups attached to an aromatic ring is 1. The average Bonchev–Trinajstić information content (AvgIpc) is 2.93. The van der Waals surface area contributed by atoms with Gasteiger partial charge in [-0.3, -0.25) is 4.79 Å². The molecule has 1 aromatic rings. The Bertz CT molecular complexity index is 463. The number of thiazole rings is 1. The van der Waals surface area contributed by atoms with Gasteiger partial charge in [0.1, 0.15) is 4.88 Å². The second-order valence-corrected chi connectivity index (χ2v) is 7.02. The van der Waals surface area contributed by atoms with E-state index >= 15 is 0 Å². The highest BCUT2D eigenvalue weighted by atomic mass is 32.1. The van der Waals surface area contributed by atoms with Crippen molar-refractivity contribution in [1.82, 2.24) is 9.88 Å². The molecule has 2 heterocycles. The number of rotatable bonds is 1. The fraction of sp³-hybridized carbons (Fsp3) is 0.714. The van der Waals surface area contributed by atoms with E-state index in [0.29, 0.717) is 15.4 Å². The van der Waals surface area contributed by atoms with E-state index in [1.54, 1.807) is 6.20 Å². The molecule has 0 unspecified atom stereocenters. The van der Waals surface area contributed by atoms with Crippen LogP contribution in [0.1, 0.15) is 54.6 Å². The molecule has 0 aromatic carbocycles. The van der Waals surface area contributed by atoms with Crippen LogP contribution in [-0.2, 0) is 0 Å². The second kappa shape index (κ2) is 5.12. The number of carbonyl (C=O) groups excluding carboxylic acids is 1. The van der Waals surface area contributed by atoms with Gasteiger partial charge < -0.3 is 10.6 Å². The molecule has 0 atom stereocenters. The van der Waals surface area contributed by atoms with E-state index in [2.05, 4.69) is 4.98 Å². The van der Waals surface area contributed by atoms with Crippen LogP contribution in [0.15, 0.2) is 6.20 Å². The summed E-state index contributed by atoms with van der Waals surface area (Å²) in [7, 11) is 0. The van der Waals surface area contributed by atoms with Crippen LogP contribution in [0.2, 0.25) is 0 Å². The molecular formula is C14H21N3OS. The smallest absolute Gasteiger partial charge is 0.265 e. The number of anilines is 1. The number of hydrogen-bond acceptors (Lipinski definition) is 4. The highest BCUT2D eigenvalue weighted by molar-refractivity contribution is 7.17. The fourth-order valence-electron chi connectivity index (χ4n) is 3.54. The van der Waals surface area contributed by atoms with E-state index in [4.69, 9.17) is 5.73 Å². The van der Waals surface area contributed by atoms with Crippen LogP contribution in [0, 0.1) is 5.41 Å². The van der Waals surface area contributed by atoms with E-state index < -0.39 is 0 Å². The van der Waals surface area contributed by atoms with Gasteiger partial charge in [-0.25, -0.2) is 4.98 Å². The summed E-state index contributed by atoms with van der Waals surface area (Å²) in [6.45, 7) is 1.83. The van der Waals surface area contributed by atoms with Crippen molar-refractivity contribution in [2.75, 3.05) is 18.8 Å². The summed E-state index contributed by atoms with van der Waals surface area (Å²) in [5.41, 5.74) is 6.01. The topological polar surface area (TPSA) is 59.2 Å². The van der Waals surface area contributed by atoms with Crippen molar-refractivity contribution >= 4 is 22.4 Å². The molecule has 2 fully saturated rings. The molecule has 0 bridgehead atoms. The first-order chi connectivity index (χ1) is 9.19. The lowest BCUT2D eigenvalue weighted by Crippen LogP contribution is -2.31. The molecule has 1 saturated carbocycles. The summed E-state index contributed by atoms with van der Waals surface area (Å²) in [6.07, 6.45) is 10.8. The van der Waals surface area contributed by atoms with Crippen LogP contribution < -0.4 is 5.73 Å². The molecule has 5 heteroatoms. The predicted molar refractivity (Wildman–Crippen MR) is 77.2 cm³/mol. The normalized spacial score (nSPS) is 22.6. The maximum absolute atomic E-state index is 12.4. The lowest BCUT2D eigenvalue weighted by Gasteiger charge is -2.27. The van der Waals surface area contributed by atoms with E-state index in [1.807, 2.05) is 4.90 Å². The first kappa shape index (κ1) is 12.9. The van der Waals surface area contributed by atoms with E-state index in [-0.39, 0.29) is 5.91 Å². The zero-order chi connectivity index (χ0) is 13.3. The number of nitrogens with zero attached hydrogens (tertiary/aromatic N) is 2. The minimum absolute atomic E-state index is 0.121. The summed E-state index contributed by atoms with van der Waals surface area (Å²) in [4.78, 5) is 19.1. The van der Waals surface area contributed by atoms with Crippen molar-refractivity contribution in [3.8, 4) is 0 Å². The molecule has 2 aliphatic rings. The Balaban J connectivity index is 1.69. The number of aromatic nitrogens is 1. The first-order valence-electron chi connectivity index (χ1n) is 7.19. The van der Waals surface area contributed by atoms with Crippen LogP contribution in [0.3, 0.4) is 0 Å². The van der Waals surface area contributed by atoms with Gasteiger partial charge in [-0.05, 0) is 24.7 Å². The number of likely N-dealkylation sites (tertiary alicyclic amines) is 1. The largest absolute Gasteiger partial charge is 0.375 e. The Morgan fingerprint density at radius 1 is 1.26 bits per heavy atom. The van der Waals surface area contributed by atoms with Crippen LogP contribution in [-0.4, -0.2) is 28.9 Å². The van der Waals surface area contributed by atoms with E-state index in [1.165, 1.54) is 56.3 Å². The lowest BCUT2D eigenvalue weighted by atomic mass is 9.80. The third kappa shape index (κ3) is 2.61. The Hall–Kier alpha value is -1.10. The Morgan fingerprint density at radius 3 is 2.63 bits per heavy atom. The van der Waals surface area contributed by atoms with E-state index in [0.717, 1.165) is 13.1 Å². The molecule has 1 aliphatic heterocycles. The van der Waals surface area contributed by atoms with Crippen LogP contribution in [0.5, 0.6) is 0 Å². The third-order valence-electron chi connectivity index (χ3n) is 4.62. The van der Waals surface area contributed by atoms with Gasteiger partial charge in [0, 0.05) is 13.1 Å². The number of nitrogens with two attached hydrogens (primary N) is 1. The number of amides is 1. The average molecular weight is 279 g/mol. The van der Waals surface area contributed by atoms with E-state index in [9.17, 15) is 4.79 Å². The standard InChI is InChI=1S/C14H21N3OS/c15-13-16-9-11(19-13)12(18)17-8-7-14(10-17)5-3-1-2-4-6-14/h9H,1-8,10H2,(H2,15,16). The molecule has 2 N–H and O–H groups in total. The molecule has 1 aromatic heterocycles. The molecule has 1 spiro atoms. The minimum Gasteiger partial charge on any atom is -0.375 e. The molecule has 1 aliphatic carbocycles. The highest BCUT2D eigenvalue weighted by Gasteiger charge is 2.40. The Labute approximate surface area is 118 Å². The first-order valence-corrected chi connectivity index (χ1v) is 8.01. The van der Waals surface area contributed by atoms with Crippen molar-refractivity contribution in [3.63, 3.8) is 0 Å². The van der Waals surface area contributed by atoms with Gasteiger partial charge in [0.05, 0.1) is 6.20 Å². The molecule has 19 heavy (non-hydrogen) atoms. The molecule has 3 rings (SSSR count). The molecular weight excluding hydrogens is 258 g/mol. The summed E-state index contributed by atoms with van der Waals surface area (Å²) < 4.78 is 0. The zero-order valence-electron chi connectivity index (χ0n) is 11.2.